The number of hydrogen-bond acceptors (Lipinski definition) is 3. The van der Waals surface area contributed by atoms with Gasteiger partial charge in [0, 0.05) is 10.5 Å². The van der Waals surface area contributed by atoms with Crippen LogP contribution in [-0.4, -0.2) is 20.6 Å². The van der Waals surface area contributed by atoms with E-state index in [0.29, 0.717) is 23.9 Å². The summed E-state index contributed by atoms with van der Waals surface area (Å²) in [5.74, 6) is -0.976. The molecule has 7 heteroatoms. The molecule has 1 aromatic heterocycles. The minimum atomic E-state index is -0.976. The fourth-order valence-electron chi connectivity index (χ4n) is 2.81. The maximum atomic E-state index is 12.1. The summed E-state index contributed by atoms with van der Waals surface area (Å²) >= 11 is 3.37. The van der Waals surface area contributed by atoms with Gasteiger partial charge < -0.3 is 10.1 Å². The Kier molecular flexibility index (Phi) is 3.01. The Hall–Kier alpha value is -1.89. The molecule has 6 nitrogen and oxygen atoms in total. The minimum Gasteiger partial charge on any atom is -0.481 e. The number of aromatic nitrogens is 2. The van der Waals surface area contributed by atoms with Gasteiger partial charge in [0.05, 0.1) is 17.5 Å². The van der Waals surface area contributed by atoms with Gasteiger partial charge in [-0.15, -0.1) is 0 Å². The number of carboxylic acids is 1. The van der Waals surface area contributed by atoms with Crippen LogP contribution in [0.5, 0.6) is 0 Å². The van der Waals surface area contributed by atoms with E-state index in [0.717, 1.165) is 10.0 Å². The molecular formula is C13H11BrN2O4. The summed E-state index contributed by atoms with van der Waals surface area (Å²) in [5.41, 5.74) is 0.708. The monoisotopic (exact) mass is 338 g/mol. The Labute approximate surface area is 121 Å². The molecule has 0 aliphatic carbocycles. The van der Waals surface area contributed by atoms with E-state index in [2.05, 4.69) is 20.9 Å². The maximum Gasteiger partial charge on any atom is 0.317 e. The molecule has 0 unspecified atom stereocenters. The second-order valence-electron chi connectivity index (χ2n) is 4.88. The normalized spacial score (nSPS) is 17.4. The van der Waals surface area contributed by atoms with Crippen molar-refractivity contribution < 1.29 is 9.90 Å². The second-order valence-corrected chi connectivity index (χ2v) is 5.80. The Morgan fingerprint density at radius 2 is 2.20 bits per heavy atom. The first-order valence-electron chi connectivity index (χ1n) is 6.16. The lowest BCUT2D eigenvalue weighted by molar-refractivity contribution is -0.138. The van der Waals surface area contributed by atoms with Crippen LogP contribution in [0.1, 0.15) is 24.4 Å². The molecule has 0 bridgehead atoms. The average Bonchev–Trinajstić information content (AvgIpc) is 2.36. The SMILES string of the molecule is O=C(O)C[C@H]1CCc2cc(Br)cc3[nH]c(=O)c(=O)n1c23. The number of rotatable bonds is 2. The third-order valence-corrected chi connectivity index (χ3v) is 4.04. The van der Waals surface area contributed by atoms with Gasteiger partial charge in [0.15, 0.2) is 0 Å². The van der Waals surface area contributed by atoms with E-state index in [9.17, 15) is 14.4 Å². The molecule has 2 aromatic rings. The van der Waals surface area contributed by atoms with Gasteiger partial charge in [0.2, 0.25) is 0 Å². The number of halogens is 1. The predicted octanol–water partition coefficient (Wildman–Crippen LogP) is 1.41. The first-order valence-corrected chi connectivity index (χ1v) is 6.95. The molecule has 1 aromatic carbocycles. The van der Waals surface area contributed by atoms with Crippen LogP contribution in [0.2, 0.25) is 0 Å². The molecular weight excluding hydrogens is 328 g/mol. The molecule has 2 heterocycles. The molecule has 104 valence electrons. The highest BCUT2D eigenvalue weighted by atomic mass is 79.9. The van der Waals surface area contributed by atoms with E-state index in [1.165, 1.54) is 4.57 Å². The molecule has 0 saturated carbocycles. The van der Waals surface area contributed by atoms with Crippen molar-refractivity contribution in [1.29, 1.82) is 0 Å². The summed E-state index contributed by atoms with van der Waals surface area (Å²) in [7, 11) is 0. The van der Waals surface area contributed by atoms with Gasteiger partial charge in [0.25, 0.3) is 0 Å². The van der Waals surface area contributed by atoms with Gasteiger partial charge in [-0.05, 0) is 30.5 Å². The van der Waals surface area contributed by atoms with Crippen LogP contribution in [0.4, 0.5) is 0 Å². The zero-order chi connectivity index (χ0) is 14.4. The molecule has 2 N–H and O–H groups in total. The van der Waals surface area contributed by atoms with Crippen molar-refractivity contribution in [1.82, 2.24) is 9.55 Å². The first kappa shape index (κ1) is 13.1. The number of nitrogens with zero attached hydrogens (tertiary/aromatic N) is 1. The van der Waals surface area contributed by atoms with Gasteiger partial charge in [0.1, 0.15) is 0 Å². The van der Waals surface area contributed by atoms with E-state index in [1.54, 1.807) is 6.07 Å². The Morgan fingerprint density at radius 3 is 2.90 bits per heavy atom. The number of hydrogen-bond donors (Lipinski definition) is 2. The van der Waals surface area contributed by atoms with Gasteiger partial charge in [-0.2, -0.15) is 0 Å². The summed E-state index contributed by atoms with van der Waals surface area (Å²) in [5, 5.41) is 8.96. The van der Waals surface area contributed by atoms with E-state index in [1.807, 2.05) is 6.07 Å². The molecule has 0 radical (unpaired) electrons. The molecule has 0 spiro atoms. The Balaban J connectivity index is 2.39. The van der Waals surface area contributed by atoms with Crippen molar-refractivity contribution in [2.45, 2.75) is 25.3 Å². The van der Waals surface area contributed by atoms with Crippen LogP contribution < -0.4 is 11.1 Å². The number of aryl methyl sites for hydroxylation is 1. The molecule has 1 aliphatic rings. The third-order valence-electron chi connectivity index (χ3n) is 3.58. The van der Waals surface area contributed by atoms with Crippen molar-refractivity contribution >= 4 is 32.9 Å². The lowest BCUT2D eigenvalue weighted by Gasteiger charge is -2.26. The average molecular weight is 339 g/mol. The summed E-state index contributed by atoms with van der Waals surface area (Å²) < 4.78 is 2.16. The van der Waals surface area contributed by atoms with Crippen molar-refractivity contribution in [3.63, 3.8) is 0 Å². The van der Waals surface area contributed by atoms with E-state index in [-0.39, 0.29) is 6.42 Å². The lowest BCUT2D eigenvalue weighted by Crippen LogP contribution is -2.40. The smallest absolute Gasteiger partial charge is 0.317 e. The van der Waals surface area contributed by atoms with Crippen LogP contribution in [0.15, 0.2) is 26.2 Å². The molecule has 1 aliphatic heterocycles. The number of carbonyl (C=O) groups is 1. The molecule has 0 fully saturated rings. The van der Waals surface area contributed by atoms with Crippen LogP contribution in [0.25, 0.3) is 11.0 Å². The number of nitrogens with one attached hydrogen (secondary N) is 1. The highest BCUT2D eigenvalue weighted by molar-refractivity contribution is 9.10. The summed E-state index contributed by atoms with van der Waals surface area (Å²) in [6, 6.07) is 3.14. The number of benzene rings is 1. The predicted molar refractivity (Wildman–Crippen MR) is 76.1 cm³/mol. The molecule has 20 heavy (non-hydrogen) atoms. The molecule has 0 amide bonds. The zero-order valence-electron chi connectivity index (χ0n) is 10.4. The first-order chi connectivity index (χ1) is 9.47. The fourth-order valence-corrected chi connectivity index (χ4v) is 3.31. The summed E-state index contributed by atoms with van der Waals surface area (Å²) in [4.78, 5) is 37.3. The number of aliphatic carboxylic acids is 1. The Bertz CT molecular complexity index is 837. The van der Waals surface area contributed by atoms with Crippen LogP contribution >= 0.6 is 15.9 Å². The Morgan fingerprint density at radius 1 is 1.45 bits per heavy atom. The second kappa shape index (κ2) is 4.59. The van der Waals surface area contributed by atoms with Gasteiger partial charge in [-0.25, -0.2) is 0 Å². The maximum absolute atomic E-state index is 12.1. The summed E-state index contributed by atoms with van der Waals surface area (Å²) in [6.07, 6.45) is 1.06. The summed E-state index contributed by atoms with van der Waals surface area (Å²) in [6.45, 7) is 0. The number of aromatic amines is 1. The molecule has 0 saturated heterocycles. The van der Waals surface area contributed by atoms with Crippen molar-refractivity contribution in [2.24, 2.45) is 0 Å². The number of carboxylic acid groups (broad SMARTS) is 1. The van der Waals surface area contributed by atoms with Crippen molar-refractivity contribution in [2.75, 3.05) is 0 Å². The van der Waals surface area contributed by atoms with Crippen molar-refractivity contribution in [3.8, 4) is 0 Å². The van der Waals surface area contributed by atoms with Crippen LogP contribution in [0, 0.1) is 0 Å². The fraction of sp³-hybridized carbons (Fsp3) is 0.308. The van der Waals surface area contributed by atoms with Gasteiger partial charge in [-0.3, -0.25) is 19.0 Å². The zero-order valence-corrected chi connectivity index (χ0v) is 11.9. The standard InChI is InChI=1S/C13H11BrN2O4/c14-7-3-6-1-2-8(5-10(17)18)16-11(6)9(4-7)15-12(19)13(16)20/h3-4,8H,1-2,5H2,(H,15,19)(H,17,18)/t8-/m1/s1. The highest BCUT2D eigenvalue weighted by Crippen LogP contribution is 2.31. The van der Waals surface area contributed by atoms with Crippen LogP contribution in [-0.2, 0) is 11.2 Å². The number of H-pyrrole nitrogens is 1. The lowest BCUT2D eigenvalue weighted by atomic mass is 9.96. The van der Waals surface area contributed by atoms with Crippen molar-refractivity contribution in [3.05, 3.63) is 42.9 Å². The van der Waals surface area contributed by atoms with E-state index in [4.69, 9.17) is 5.11 Å². The van der Waals surface area contributed by atoms with E-state index < -0.39 is 23.1 Å². The van der Waals surface area contributed by atoms with Crippen LogP contribution in [0.3, 0.4) is 0 Å². The third kappa shape index (κ3) is 1.98. The van der Waals surface area contributed by atoms with Gasteiger partial charge in [-0.1, -0.05) is 15.9 Å². The largest absolute Gasteiger partial charge is 0.481 e. The molecule has 1 atom stereocenters. The quantitative estimate of drug-likeness (QED) is 0.810. The van der Waals surface area contributed by atoms with E-state index >= 15 is 0 Å². The minimum absolute atomic E-state index is 0.159. The van der Waals surface area contributed by atoms with Gasteiger partial charge >= 0.3 is 17.1 Å². The molecule has 3 rings (SSSR count). The topological polar surface area (TPSA) is 92.2 Å². The highest BCUT2D eigenvalue weighted by Gasteiger charge is 2.26.